The summed E-state index contributed by atoms with van der Waals surface area (Å²) < 4.78 is 0. The van der Waals surface area contributed by atoms with Gasteiger partial charge in [0.25, 0.3) is 0 Å². The molecule has 0 saturated carbocycles. The van der Waals surface area contributed by atoms with Gasteiger partial charge in [0.05, 0.1) is 0 Å². The van der Waals surface area contributed by atoms with E-state index in [0.717, 1.165) is 0 Å². The van der Waals surface area contributed by atoms with E-state index in [-0.39, 0.29) is 0 Å². The van der Waals surface area contributed by atoms with Gasteiger partial charge in [-0.05, 0) is 5.56 Å². The molecule has 0 atom stereocenters. The summed E-state index contributed by atoms with van der Waals surface area (Å²) >= 11 is 0. The van der Waals surface area contributed by atoms with Crippen molar-refractivity contribution >= 4 is 6.08 Å². The molecule has 0 heterocycles. The van der Waals surface area contributed by atoms with Gasteiger partial charge < -0.3 is 0 Å². The fourth-order valence-corrected chi connectivity index (χ4v) is 0.974. The first-order valence-electron chi connectivity index (χ1n) is 6.26. The van der Waals surface area contributed by atoms with Gasteiger partial charge in [0.2, 0.25) is 0 Å². The molecule has 0 heteroatoms. The SMILES string of the molecule is C=C.C=CC=C.C=Cc1ccccc1.c1ccccc1. The van der Waals surface area contributed by atoms with Crippen LogP contribution in [-0.4, -0.2) is 0 Å². The van der Waals surface area contributed by atoms with Gasteiger partial charge in [0.15, 0.2) is 0 Å². The monoisotopic (exact) mass is 264 g/mol. The van der Waals surface area contributed by atoms with E-state index in [2.05, 4.69) is 32.9 Å². The van der Waals surface area contributed by atoms with E-state index in [9.17, 15) is 0 Å². The first-order chi connectivity index (χ1) is 9.85. The van der Waals surface area contributed by atoms with Gasteiger partial charge >= 0.3 is 0 Å². The van der Waals surface area contributed by atoms with Crippen LogP contribution >= 0.6 is 0 Å². The average molecular weight is 264 g/mol. The van der Waals surface area contributed by atoms with Crippen LogP contribution in [0.15, 0.2) is 112 Å². The van der Waals surface area contributed by atoms with Crippen LogP contribution in [0.2, 0.25) is 0 Å². The summed E-state index contributed by atoms with van der Waals surface area (Å²) in [5.41, 5.74) is 1.17. The highest BCUT2D eigenvalue weighted by atomic mass is 13.8. The molecule has 2 aromatic rings. The summed E-state index contributed by atoms with van der Waals surface area (Å²) in [6.45, 7) is 16.4. The molecule has 0 saturated heterocycles. The standard InChI is InChI=1S/C8H8.C6H6.C4H6.C2H4/c1-2-8-6-4-3-5-7-8;1-2-4-6-5-3-1;1-3-4-2;1-2/h2-7H,1H2;1-6H;3-4H,1-2H2;1-2H2. The topological polar surface area (TPSA) is 0 Å². The van der Waals surface area contributed by atoms with Gasteiger partial charge in [0, 0.05) is 0 Å². The first kappa shape index (κ1) is 19.7. The highest BCUT2D eigenvalue weighted by Crippen LogP contribution is 1.97. The van der Waals surface area contributed by atoms with Gasteiger partial charge in [0.1, 0.15) is 0 Å². The summed E-state index contributed by atoms with van der Waals surface area (Å²) in [6, 6.07) is 22.0. The van der Waals surface area contributed by atoms with Crippen LogP contribution in [0.4, 0.5) is 0 Å². The summed E-state index contributed by atoms with van der Waals surface area (Å²) in [7, 11) is 0. The highest BCUT2D eigenvalue weighted by Gasteiger charge is 1.75. The summed E-state index contributed by atoms with van der Waals surface area (Å²) in [6.07, 6.45) is 5.11. The largest absolute Gasteiger partial charge is 0.106 e. The molecule has 2 rings (SSSR count). The normalized spacial score (nSPS) is 7.00. The Kier molecular flexibility index (Phi) is 18.5. The predicted molar refractivity (Wildman–Crippen MR) is 94.6 cm³/mol. The van der Waals surface area contributed by atoms with Crippen LogP contribution in [0.25, 0.3) is 6.08 Å². The van der Waals surface area contributed by atoms with E-state index >= 15 is 0 Å². The number of hydrogen-bond donors (Lipinski definition) is 0. The van der Waals surface area contributed by atoms with Crippen LogP contribution in [-0.2, 0) is 0 Å². The molecule has 0 nitrogen and oxygen atoms in total. The fourth-order valence-electron chi connectivity index (χ4n) is 0.974. The Hall–Kier alpha value is -2.60. The van der Waals surface area contributed by atoms with Crippen molar-refractivity contribution in [1.29, 1.82) is 0 Å². The summed E-state index contributed by atoms with van der Waals surface area (Å²) in [5.74, 6) is 0. The Balaban J connectivity index is 0. The molecule has 20 heavy (non-hydrogen) atoms. The third-order valence-corrected chi connectivity index (χ3v) is 1.87. The van der Waals surface area contributed by atoms with Gasteiger partial charge in [-0.1, -0.05) is 105 Å². The van der Waals surface area contributed by atoms with Gasteiger partial charge in [-0.3, -0.25) is 0 Å². The Morgan fingerprint density at radius 3 is 1.05 bits per heavy atom. The Morgan fingerprint density at radius 1 is 0.550 bits per heavy atom. The first-order valence-corrected chi connectivity index (χ1v) is 6.26. The van der Waals surface area contributed by atoms with Gasteiger partial charge in [-0.25, -0.2) is 0 Å². The van der Waals surface area contributed by atoms with E-state index in [1.165, 1.54) is 5.56 Å². The lowest BCUT2D eigenvalue weighted by Gasteiger charge is -1.85. The molecular formula is C20H24. The maximum atomic E-state index is 3.63. The minimum atomic E-state index is 1.17. The summed E-state index contributed by atoms with van der Waals surface area (Å²) in [5, 5.41) is 0. The van der Waals surface area contributed by atoms with E-state index in [1.54, 1.807) is 12.2 Å². The summed E-state index contributed by atoms with van der Waals surface area (Å²) in [4.78, 5) is 0. The van der Waals surface area contributed by atoms with E-state index < -0.39 is 0 Å². The second kappa shape index (κ2) is 18.8. The number of allylic oxidation sites excluding steroid dienone is 2. The number of hydrogen-bond acceptors (Lipinski definition) is 0. The quantitative estimate of drug-likeness (QED) is 0.449. The van der Waals surface area contributed by atoms with Crippen molar-refractivity contribution in [3.05, 3.63) is 117 Å². The predicted octanol–water partition coefficient (Wildman–Crippen LogP) is 6.18. The van der Waals surface area contributed by atoms with Crippen molar-refractivity contribution in [3.63, 3.8) is 0 Å². The number of rotatable bonds is 2. The Bertz CT molecular complexity index is 393. The molecule has 0 fully saturated rings. The van der Waals surface area contributed by atoms with Crippen LogP contribution in [0.1, 0.15) is 5.56 Å². The third-order valence-electron chi connectivity index (χ3n) is 1.87. The molecule has 104 valence electrons. The lowest BCUT2D eigenvalue weighted by molar-refractivity contribution is 1.67. The van der Waals surface area contributed by atoms with Crippen LogP contribution in [0.5, 0.6) is 0 Å². The van der Waals surface area contributed by atoms with Crippen molar-refractivity contribution in [2.24, 2.45) is 0 Å². The van der Waals surface area contributed by atoms with Crippen molar-refractivity contribution in [3.8, 4) is 0 Å². The van der Waals surface area contributed by atoms with Crippen LogP contribution < -0.4 is 0 Å². The zero-order valence-corrected chi connectivity index (χ0v) is 12.1. The Labute approximate surface area is 124 Å². The van der Waals surface area contributed by atoms with Gasteiger partial charge in [-0.15, -0.1) is 13.2 Å². The number of benzene rings is 2. The van der Waals surface area contributed by atoms with E-state index in [4.69, 9.17) is 0 Å². The molecule has 0 spiro atoms. The van der Waals surface area contributed by atoms with Crippen molar-refractivity contribution < 1.29 is 0 Å². The second-order valence-electron chi connectivity index (χ2n) is 3.24. The molecule has 0 unspecified atom stereocenters. The molecule has 0 bridgehead atoms. The fraction of sp³-hybridized carbons (Fsp3) is 0. The molecule has 0 amide bonds. The maximum Gasteiger partial charge on any atom is -0.0263 e. The van der Waals surface area contributed by atoms with Crippen LogP contribution in [0, 0.1) is 0 Å². The smallest absolute Gasteiger partial charge is 0.0263 e. The minimum Gasteiger partial charge on any atom is -0.106 e. The molecule has 0 radical (unpaired) electrons. The lowest BCUT2D eigenvalue weighted by atomic mass is 10.2. The van der Waals surface area contributed by atoms with Crippen LogP contribution in [0.3, 0.4) is 0 Å². The molecule has 0 aliphatic carbocycles. The zero-order chi connectivity index (χ0) is 15.5. The highest BCUT2D eigenvalue weighted by molar-refractivity contribution is 5.45. The second-order valence-corrected chi connectivity index (χ2v) is 3.24. The lowest BCUT2D eigenvalue weighted by Crippen LogP contribution is -1.63. The van der Waals surface area contributed by atoms with Crippen molar-refractivity contribution in [1.82, 2.24) is 0 Å². The van der Waals surface area contributed by atoms with Crippen molar-refractivity contribution in [2.75, 3.05) is 0 Å². The van der Waals surface area contributed by atoms with Crippen molar-refractivity contribution in [2.45, 2.75) is 0 Å². The van der Waals surface area contributed by atoms with E-state index in [1.807, 2.05) is 72.8 Å². The molecule has 0 N–H and O–H groups in total. The molecule has 0 aliphatic rings. The minimum absolute atomic E-state index is 1.17. The molecule has 0 aliphatic heterocycles. The Morgan fingerprint density at radius 2 is 0.850 bits per heavy atom. The van der Waals surface area contributed by atoms with Gasteiger partial charge in [-0.2, -0.15) is 0 Å². The molecule has 0 aromatic heterocycles. The maximum absolute atomic E-state index is 3.63. The molecule has 2 aromatic carbocycles. The zero-order valence-electron chi connectivity index (χ0n) is 12.1. The average Bonchev–Trinajstić information content (AvgIpc) is 2.60. The van der Waals surface area contributed by atoms with E-state index in [0.29, 0.717) is 0 Å². The third kappa shape index (κ3) is 15.4. The molecular weight excluding hydrogens is 240 g/mol.